The molecular weight excluding hydrogens is 870 g/mol. The van der Waals surface area contributed by atoms with Crippen LogP contribution in [0.4, 0.5) is 21.6 Å². The van der Waals surface area contributed by atoms with Crippen molar-refractivity contribution in [2.75, 3.05) is 61.8 Å². The summed E-state index contributed by atoms with van der Waals surface area (Å²) in [5.74, 6) is 0.00455. The molecule has 11 rings (SSSR count). The van der Waals surface area contributed by atoms with Crippen molar-refractivity contribution in [3.63, 3.8) is 0 Å². The van der Waals surface area contributed by atoms with Gasteiger partial charge in [0.2, 0.25) is 11.8 Å². The molecule has 4 N–H and O–H groups in total. The standard InChI is InChI=1S/C49H52FN13O5/c1-29-55-38-9-8-36(31-13-16-52-41(51)24-31)56-46(38)62(29)33-7-10-39(35(50)25-33)59-20-22-60(23-21-59)43(65)6-3-17-58-18-14-32(15-19-58)61-28-30(27-54-61)26-53-37-5-2-4-34-44(37)49(67)63(48(34)66)40-11-12-42(64)57-47-45(40)68-47/h2,4-5,7-10,13,16,24-25,27-28,32,40,45,47,53H,3,6,11-12,14-15,17-23,26H2,1H3,(H2,51,52)(H,57,64). The van der Waals surface area contributed by atoms with Crippen molar-refractivity contribution in [2.45, 2.75) is 76.4 Å². The van der Waals surface area contributed by atoms with Gasteiger partial charge >= 0.3 is 0 Å². The number of likely N-dealkylation sites (tertiary alicyclic amines) is 1. The second-order valence-electron chi connectivity index (χ2n) is 18.3. The lowest BCUT2D eigenvalue weighted by molar-refractivity contribution is -0.131. The van der Waals surface area contributed by atoms with Gasteiger partial charge in [-0.05, 0) is 87.7 Å². The Hall–Kier alpha value is -7.25. The number of nitrogens with two attached hydrogens (primary N) is 1. The average molecular weight is 922 g/mol. The number of benzene rings is 2. The summed E-state index contributed by atoms with van der Waals surface area (Å²) < 4.78 is 25.3. The van der Waals surface area contributed by atoms with E-state index in [1.807, 2.05) is 62.6 Å². The summed E-state index contributed by atoms with van der Waals surface area (Å²) in [5, 5.41) is 10.8. The van der Waals surface area contributed by atoms with E-state index in [-0.39, 0.29) is 48.0 Å². The normalized spacial score (nSPS) is 20.9. The van der Waals surface area contributed by atoms with Crippen LogP contribution in [0.15, 0.2) is 79.3 Å². The summed E-state index contributed by atoms with van der Waals surface area (Å²) in [6.07, 6.45) is 8.38. The number of aryl methyl sites for hydroxylation is 1. The molecule has 0 aliphatic carbocycles. The minimum Gasteiger partial charge on any atom is -0.384 e. The average Bonchev–Trinajstić information content (AvgIpc) is 3.70. The highest BCUT2D eigenvalue weighted by Crippen LogP contribution is 2.38. The van der Waals surface area contributed by atoms with Gasteiger partial charge in [0, 0.05) is 93.9 Å². The fourth-order valence-electron chi connectivity index (χ4n) is 10.4. The largest absolute Gasteiger partial charge is 0.384 e. The fourth-order valence-corrected chi connectivity index (χ4v) is 10.4. The van der Waals surface area contributed by atoms with E-state index in [9.17, 15) is 19.2 Å². The molecule has 3 atom stereocenters. The minimum atomic E-state index is -0.498. The number of pyridine rings is 2. The number of imide groups is 1. The topological polar surface area (TPSA) is 205 Å². The third-order valence-electron chi connectivity index (χ3n) is 14.0. The maximum atomic E-state index is 15.9. The zero-order valence-electron chi connectivity index (χ0n) is 37.7. The van der Waals surface area contributed by atoms with Crippen molar-refractivity contribution in [1.29, 1.82) is 0 Å². The molecule has 19 heteroatoms. The summed E-state index contributed by atoms with van der Waals surface area (Å²) in [7, 11) is 0. The molecule has 0 radical (unpaired) electrons. The summed E-state index contributed by atoms with van der Waals surface area (Å²) >= 11 is 0. The number of anilines is 3. The van der Waals surface area contributed by atoms with Crippen molar-refractivity contribution >= 4 is 52.0 Å². The predicted octanol–water partition coefficient (Wildman–Crippen LogP) is 4.69. The van der Waals surface area contributed by atoms with Gasteiger partial charge in [0.05, 0.1) is 46.5 Å². The number of epoxide rings is 1. The lowest BCUT2D eigenvalue weighted by Crippen LogP contribution is -2.49. The van der Waals surface area contributed by atoms with Crippen LogP contribution in [0.2, 0.25) is 0 Å². The number of piperidine rings is 1. The number of fused-ring (bicyclic) bond motifs is 3. The number of hydrogen-bond donors (Lipinski definition) is 3. The van der Waals surface area contributed by atoms with Crippen molar-refractivity contribution in [1.82, 2.24) is 49.3 Å². The molecule has 5 aliphatic rings. The lowest BCUT2D eigenvalue weighted by Gasteiger charge is -2.36. The van der Waals surface area contributed by atoms with Crippen LogP contribution in [0.3, 0.4) is 0 Å². The number of carbonyl (C=O) groups excluding carboxylic acids is 4. The molecular formula is C49H52FN13O5. The molecule has 4 amide bonds. The molecule has 350 valence electrons. The smallest absolute Gasteiger partial charge is 0.264 e. The van der Waals surface area contributed by atoms with Crippen LogP contribution < -0.4 is 21.3 Å². The van der Waals surface area contributed by atoms with Crippen LogP contribution in [0.1, 0.15) is 76.7 Å². The van der Waals surface area contributed by atoms with Gasteiger partial charge in [-0.2, -0.15) is 5.10 Å². The number of hydrogen-bond acceptors (Lipinski definition) is 13. The van der Waals surface area contributed by atoms with Gasteiger partial charge in [0.1, 0.15) is 29.1 Å². The third-order valence-corrected chi connectivity index (χ3v) is 14.0. The van der Waals surface area contributed by atoms with Crippen molar-refractivity contribution in [2.24, 2.45) is 0 Å². The number of piperazine rings is 1. The maximum absolute atomic E-state index is 15.9. The quantitative estimate of drug-likeness (QED) is 0.113. The summed E-state index contributed by atoms with van der Waals surface area (Å²) in [6, 6.07) is 17.6. The monoisotopic (exact) mass is 921 g/mol. The number of nitrogens with zero attached hydrogens (tertiary/aromatic N) is 10. The number of aromatic nitrogens is 6. The van der Waals surface area contributed by atoms with Gasteiger partial charge in [0.25, 0.3) is 11.8 Å². The second-order valence-corrected chi connectivity index (χ2v) is 18.3. The minimum absolute atomic E-state index is 0.131. The highest BCUT2D eigenvalue weighted by atomic mass is 19.1. The third kappa shape index (κ3) is 8.29. The van der Waals surface area contributed by atoms with E-state index in [4.69, 9.17) is 15.5 Å². The van der Waals surface area contributed by atoms with Crippen molar-refractivity contribution in [3.05, 3.63) is 108 Å². The molecule has 0 saturated carbocycles. The van der Waals surface area contributed by atoms with Crippen LogP contribution in [-0.2, 0) is 20.9 Å². The first-order valence-corrected chi connectivity index (χ1v) is 23.4. The maximum Gasteiger partial charge on any atom is 0.264 e. The Morgan fingerprint density at radius 3 is 2.60 bits per heavy atom. The SMILES string of the molecule is Cc1nc2ccc(-c3ccnc(N)c3)nc2n1-c1ccc(N2CCN(C(=O)CCCN3CCC(n4cc(CNc5cccc6c5C(=O)N(C5CCC(=O)NC7OC75)C6=O)cn4)CC3)CC2)c(F)c1. The molecule has 4 aromatic heterocycles. The Kier molecular flexibility index (Phi) is 11.3. The van der Waals surface area contributed by atoms with E-state index in [2.05, 4.69) is 30.6 Å². The van der Waals surface area contributed by atoms with Crippen LogP contribution in [0.25, 0.3) is 28.1 Å². The number of amides is 4. The molecule has 68 heavy (non-hydrogen) atoms. The molecule has 3 unspecified atom stereocenters. The lowest BCUT2D eigenvalue weighted by atomic mass is 10.0. The van der Waals surface area contributed by atoms with E-state index in [0.717, 1.165) is 50.0 Å². The van der Waals surface area contributed by atoms with E-state index >= 15 is 4.39 Å². The number of halogens is 1. The summed E-state index contributed by atoms with van der Waals surface area (Å²) in [6.45, 7) is 7.12. The fraction of sp³-hybridized carbons (Fsp3) is 0.388. The zero-order valence-corrected chi connectivity index (χ0v) is 37.7. The first kappa shape index (κ1) is 43.3. The highest BCUT2D eigenvalue weighted by molar-refractivity contribution is 6.24. The van der Waals surface area contributed by atoms with Crippen LogP contribution >= 0.6 is 0 Å². The van der Waals surface area contributed by atoms with Gasteiger partial charge in [-0.1, -0.05) is 6.07 Å². The first-order chi connectivity index (χ1) is 33.1. The summed E-state index contributed by atoms with van der Waals surface area (Å²) in [5.41, 5.74) is 12.1. The van der Waals surface area contributed by atoms with Crippen LogP contribution in [0, 0.1) is 12.7 Å². The van der Waals surface area contributed by atoms with Gasteiger partial charge in [-0.15, -0.1) is 0 Å². The van der Waals surface area contributed by atoms with E-state index < -0.39 is 12.3 Å². The number of nitrogen functional groups attached to an aromatic ring is 1. The number of nitrogens with one attached hydrogen (secondary N) is 2. The molecule has 0 spiro atoms. The Labute approximate surface area is 391 Å². The second kappa shape index (κ2) is 17.8. The molecule has 4 fully saturated rings. The van der Waals surface area contributed by atoms with Gasteiger partial charge < -0.3 is 35.8 Å². The van der Waals surface area contributed by atoms with Crippen LogP contribution in [-0.4, -0.2) is 132 Å². The summed E-state index contributed by atoms with van der Waals surface area (Å²) in [4.78, 5) is 73.8. The van der Waals surface area contributed by atoms with Crippen molar-refractivity contribution in [3.8, 4) is 16.9 Å². The Morgan fingerprint density at radius 2 is 1.79 bits per heavy atom. The van der Waals surface area contributed by atoms with Gasteiger partial charge in [-0.3, -0.25) is 33.3 Å². The van der Waals surface area contributed by atoms with Gasteiger partial charge in [0.15, 0.2) is 11.9 Å². The van der Waals surface area contributed by atoms with E-state index in [1.165, 1.54) is 11.0 Å². The molecule has 2 aromatic carbocycles. The molecule has 18 nitrogen and oxygen atoms in total. The molecule has 6 aromatic rings. The first-order valence-electron chi connectivity index (χ1n) is 23.4. The number of imidazole rings is 1. The van der Waals surface area contributed by atoms with E-state index in [1.54, 1.807) is 36.5 Å². The molecule has 4 saturated heterocycles. The van der Waals surface area contributed by atoms with Crippen LogP contribution in [0.5, 0.6) is 0 Å². The molecule has 5 aliphatic heterocycles. The van der Waals surface area contributed by atoms with Crippen molar-refractivity contribution < 1.29 is 28.3 Å². The number of rotatable bonds is 12. The number of carbonyl (C=O) groups is 4. The highest BCUT2D eigenvalue weighted by Gasteiger charge is 2.55. The Morgan fingerprint density at radius 1 is 0.956 bits per heavy atom. The molecule has 0 bridgehead atoms. The zero-order chi connectivity index (χ0) is 46.6. The predicted molar refractivity (Wildman–Crippen MR) is 250 cm³/mol. The molecule has 9 heterocycles. The Bertz CT molecular complexity index is 2960. The Balaban J connectivity index is 0.625. The number of ether oxygens (including phenoxy) is 1. The van der Waals surface area contributed by atoms with Gasteiger partial charge in [-0.25, -0.2) is 19.3 Å². The van der Waals surface area contributed by atoms with E-state index in [0.29, 0.717) is 102 Å².